The molecule has 0 unspecified atom stereocenters. The topological polar surface area (TPSA) is 59.2 Å². The summed E-state index contributed by atoms with van der Waals surface area (Å²) in [5.41, 5.74) is 6.46. The van der Waals surface area contributed by atoms with Crippen LogP contribution in [0.15, 0.2) is 36.5 Å². The predicted molar refractivity (Wildman–Crippen MR) is 72.9 cm³/mol. The Kier molecular flexibility index (Phi) is 3.66. The van der Waals surface area contributed by atoms with Crippen LogP contribution >= 0.6 is 11.6 Å². The Morgan fingerprint density at radius 1 is 1.37 bits per heavy atom. The number of nitrogens with two attached hydrogens (primary N) is 1. The number of anilines is 3. The SMILES string of the molecule is CC(=O)N(c1ccc(Cl)c(F)c1)c1cc(N)ccn1. The van der Waals surface area contributed by atoms with Gasteiger partial charge in [0.15, 0.2) is 0 Å². The molecule has 0 atom stereocenters. The first-order chi connectivity index (χ1) is 8.99. The summed E-state index contributed by atoms with van der Waals surface area (Å²) < 4.78 is 13.5. The van der Waals surface area contributed by atoms with Crippen molar-refractivity contribution in [2.75, 3.05) is 10.6 Å². The average molecular weight is 280 g/mol. The summed E-state index contributed by atoms with van der Waals surface area (Å²) in [5.74, 6) is -0.580. The Hall–Kier alpha value is -2.14. The van der Waals surface area contributed by atoms with E-state index in [1.54, 1.807) is 6.07 Å². The van der Waals surface area contributed by atoms with Gasteiger partial charge in [0.25, 0.3) is 0 Å². The monoisotopic (exact) mass is 279 g/mol. The van der Waals surface area contributed by atoms with Crippen LogP contribution in [0.2, 0.25) is 5.02 Å². The Labute approximate surface area is 114 Å². The standard InChI is InChI=1S/C13H11ClFN3O/c1-8(19)18(13-6-9(16)4-5-17-13)10-2-3-11(14)12(15)7-10/h2-7H,1H3,(H2,16,17). The number of benzene rings is 1. The quantitative estimate of drug-likeness (QED) is 0.919. The lowest BCUT2D eigenvalue weighted by molar-refractivity contribution is -0.115. The Balaban J connectivity index is 2.51. The minimum atomic E-state index is -0.602. The second kappa shape index (κ2) is 5.24. The van der Waals surface area contributed by atoms with Gasteiger partial charge in [-0.2, -0.15) is 0 Å². The van der Waals surface area contributed by atoms with Crippen LogP contribution in [0.4, 0.5) is 21.6 Å². The Morgan fingerprint density at radius 3 is 2.68 bits per heavy atom. The van der Waals surface area contributed by atoms with E-state index in [0.717, 1.165) is 0 Å². The fourth-order valence-electron chi connectivity index (χ4n) is 1.66. The summed E-state index contributed by atoms with van der Waals surface area (Å²) in [6.45, 7) is 1.36. The molecule has 1 aromatic heterocycles. The first kappa shape index (κ1) is 13.3. The number of carbonyl (C=O) groups is 1. The maximum Gasteiger partial charge on any atom is 0.229 e. The number of aromatic nitrogens is 1. The van der Waals surface area contributed by atoms with Crippen molar-refractivity contribution in [3.05, 3.63) is 47.4 Å². The molecule has 1 aromatic carbocycles. The Bertz CT molecular complexity index is 633. The molecule has 1 amide bonds. The third kappa shape index (κ3) is 2.82. The number of rotatable bonds is 2. The highest BCUT2D eigenvalue weighted by atomic mass is 35.5. The van der Waals surface area contributed by atoms with Gasteiger partial charge in [-0.1, -0.05) is 11.6 Å². The number of hydrogen-bond acceptors (Lipinski definition) is 3. The van der Waals surface area contributed by atoms with E-state index in [2.05, 4.69) is 4.98 Å². The number of halogens is 2. The lowest BCUT2D eigenvalue weighted by Gasteiger charge is -2.20. The molecule has 4 nitrogen and oxygen atoms in total. The maximum absolute atomic E-state index is 13.5. The van der Waals surface area contributed by atoms with E-state index in [-0.39, 0.29) is 10.9 Å². The number of carbonyl (C=O) groups excluding carboxylic acids is 1. The molecule has 0 fully saturated rings. The number of hydrogen-bond donors (Lipinski definition) is 1. The van der Waals surface area contributed by atoms with Gasteiger partial charge in [-0.05, 0) is 24.3 Å². The van der Waals surface area contributed by atoms with Crippen LogP contribution in [0.3, 0.4) is 0 Å². The molecule has 2 aromatic rings. The van der Waals surface area contributed by atoms with Gasteiger partial charge in [-0.15, -0.1) is 0 Å². The van der Waals surface area contributed by atoms with Gasteiger partial charge in [-0.25, -0.2) is 9.37 Å². The number of nitrogen functional groups attached to an aromatic ring is 1. The zero-order valence-corrected chi connectivity index (χ0v) is 10.9. The van der Waals surface area contributed by atoms with Crippen molar-refractivity contribution in [3.63, 3.8) is 0 Å². The van der Waals surface area contributed by atoms with Gasteiger partial charge in [0, 0.05) is 24.9 Å². The fourth-order valence-corrected chi connectivity index (χ4v) is 1.77. The third-order valence-corrected chi connectivity index (χ3v) is 2.78. The molecule has 0 bridgehead atoms. The van der Waals surface area contributed by atoms with Crippen molar-refractivity contribution in [1.82, 2.24) is 4.98 Å². The van der Waals surface area contributed by atoms with Crippen molar-refractivity contribution in [3.8, 4) is 0 Å². The van der Waals surface area contributed by atoms with Crippen LogP contribution in [0.1, 0.15) is 6.92 Å². The molecule has 6 heteroatoms. The normalized spacial score (nSPS) is 10.3. The molecule has 0 saturated heterocycles. The maximum atomic E-state index is 13.5. The summed E-state index contributed by atoms with van der Waals surface area (Å²) in [4.78, 5) is 17.1. The lowest BCUT2D eigenvalue weighted by Crippen LogP contribution is -2.23. The second-order valence-corrected chi connectivity index (χ2v) is 4.31. The molecule has 1 heterocycles. The van der Waals surface area contributed by atoms with E-state index in [0.29, 0.717) is 17.2 Å². The third-order valence-electron chi connectivity index (χ3n) is 2.47. The van der Waals surface area contributed by atoms with Gasteiger partial charge >= 0.3 is 0 Å². The lowest BCUT2D eigenvalue weighted by atomic mass is 10.2. The molecule has 0 aliphatic carbocycles. The van der Waals surface area contributed by atoms with E-state index in [1.165, 1.54) is 42.3 Å². The molecule has 0 aliphatic heterocycles. The summed E-state index contributed by atoms with van der Waals surface area (Å²) in [7, 11) is 0. The molecule has 0 saturated carbocycles. The van der Waals surface area contributed by atoms with Crippen molar-refractivity contribution < 1.29 is 9.18 Å². The van der Waals surface area contributed by atoms with E-state index >= 15 is 0 Å². The van der Waals surface area contributed by atoms with Gasteiger partial charge in [0.2, 0.25) is 5.91 Å². The van der Waals surface area contributed by atoms with E-state index in [1.807, 2.05) is 0 Å². The van der Waals surface area contributed by atoms with Crippen LogP contribution < -0.4 is 10.6 Å². The molecule has 2 N–H and O–H groups in total. The highest BCUT2D eigenvalue weighted by Crippen LogP contribution is 2.28. The average Bonchev–Trinajstić information content (AvgIpc) is 2.33. The van der Waals surface area contributed by atoms with Crippen LogP contribution in [-0.2, 0) is 4.79 Å². The van der Waals surface area contributed by atoms with Gasteiger partial charge < -0.3 is 5.73 Å². The minimum absolute atomic E-state index is 0.00668. The van der Waals surface area contributed by atoms with Gasteiger partial charge in [-0.3, -0.25) is 9.69 Å². The van der Waals surface area contributed by atoms with Crippen molar-refractivity contribution in [2.45, 2.75) is 6.92 Å². The van der Waals surface area contributed by atoms with Crippen LogP contribution in [0.5, 0.6) is 0 Å². The molecule has 0 radical (unpaired) electrons. The van der Waals surface area contributed by atoms with Gasteiger partial charge in [0.05, 0.1) is 10.7 Å². The first-order valence-electron chi connectivity index (χ1n) is 5.46. The fraction of sp³-hybridized carbons (Fsp3) is 0.0769. The van der Waals surface area contributed by atoms with Crippen molar-refractivity contribution >= 4 is 34.7 Å². The van der Waals surface area contributed by atoms with E-state index in [4.69, 9.17) is 17.3 Å². The van der Waals surface area contributed by atoms with Crippen LogP contribution in [0, 0.1) is 5.82 Å². The van der Waals surface area contributed by atoms with E-state index in [9.17, 15) is 9.18 Å². The first-order valence-corrected chi connectivity index (χ1v) is 5.84. The molecule has 2 rings (SSSR count). The number of pyridine rings is 1. The van der Waals surface area contributed by atoms with Crippen LogP contribution in [-0.4, -0.2) is 10.9 Å². The smallest absolute Gasteiger partial charge is 0.229 e. The largest absolute Gasteiger partial charge is 0.399 e. The number of nitrogens with zero attached hydrogens (tertiary/aromatic N) is 2. The van der Waals surface area contributed by atoms with Crippen LogP contribution in [0.25, 0.3) is 0 Å². The zero-order valence-electron chi connectivity index (χ0n) is 10.1. The molecule has 0 aliphatic rings. The van der Waals surface area contributed by atoms with E-state index < -0.39 is 5.82 Å². The molecule has 98 valence electrons. The molecule has 19 heavy (non-hydrogen) atoms. The summed E-state index contributed by atoms with van der Waals surface area (Å²) in [5, 5.41) is -0.00668. The summed E-state index contributed by atoms with van der Waals surface area (Å²) in [6.07, 6.45) is 1.48. The highest BCUT2D eigenvalue weighted by Gasteiger charge is 2.17. The summed E-state index contributed by atoms with van der Waals surface area (Å²) in [6, 6.07) is 7.24. The molecule has 0 spiro atoms. The second-order valence-electron chi connectivity index (χ2n) is 3.90. The zero-order chi connectivity index (χ0) is 14.0. The molecular formula is C13H11ClFN3O. The molecular weight excluding hydrogens is 269 g/mol. The highest BCUT2D eigenvalue weighted by molar-refractivity contribution is 6.30. The Morgan fingerprint density at radius 2 is 2.11 bits per heavy atom. The van der Waals surface area contributed by atoms with Crippen molar-refractivity contribution in [2.24, 2.45) is 0 Å². The van der Waals surface area contributed by atoms with Crippen molar-refractivity contribution in [1.29, 1.82) is 0 Å². The van der Waals surface area contributed by atoms with Gasteiger partial charge in [0.1, 0.15) is 11.6 Å². The minimum Gasteiger partial charge on any atom is -0.399 e. The summed E-state index contributed by atoms with van der Waals surface area (Å²) >= 11 is 5.62. The number of amides is 1. The predicted octanol–water partition coefficient (Wildman–Crippen LogP) is 3.14.